The van der Waals surface area contributed by atoms with E-state index in [0.29, 0.717) is 22.3 Å². The number of primary amides is 1. The number of halogens is 1. The lowest BCUT2D eigenvalue weighted by molar-refractivity contribution is 0.0998. The molecule has 0 bridgehead atoms. The van der Waals surface area contributed by atoms with Crippen LogP contribution >= 0.6 is 22.9 Å². The molecule has 4 heterocycles. The third-order valence-electron chi connectivity index (χ3n) is 6.65. The lowest BCUT2D eigenvalue weighted by atomic mass is 10.1. The Morgan fingerprint density at radius 3 is 2.82 bits per heavy atom. The number of piperazine rings is 1. The van der Waals surface area contributed by atoms with Crippen molar-refractivity contribution in [2.75, 3.05) is 39.3 Å². The Morgan fingerprint density at radius 2 is 2.03 bits per heavy atom. The first kappa shape index (κ1) is 26.5. The summed E-state index contributed by atoms with van der Waals surface area (Å²) in [6, 6.07) is 13.2. The van der Waals surface area contributed by atoms with Crippen LogP contribution in [0.1, 0.15) is 41.1 Å². The quantitative estimate of drug-likeness (QED) is 0.253. The van der Waals surface area contributed by atoms with Gasteiger partial charge in [-0.05, 0) is 44.5 Å². The number of benzene rings is 1. The van der Waals surface area contributed by atoms with E-state index in [1.807, 2.05) is 60.0 Å². The van der Waals surface area contributed by atoms with Crippen molar-refractivity contribution >= 4 is 34.5 Å². The maximum Gasteiger partial charge on any atom is 0.262 e. The van der Waals surface area contributed by atoms with Crippen LogP contribution in [-0.2, 0) is 0 Å². The molecule has 3 N–H and O–H groups in total. The fraction of sp³-hybridized carbons (Fsp3) is 0.357. The zero-order chi connectivity index (χ0) is 26.5. The van der Waals surface area contributed by atoms with Gasteiger partial charge in [0.2, 0.25) is 0 Å². The molecule has 1 aromatic carbocycles. The summed E-state index contributed by atoms with van der Waals surface area (Å²) in [5.41, 5.74) is 8.16. The number of carbonyl (C=O) groups excluding carboxylic acids is 1. The van der Waals surface area contributed by atoms with Gasteiger partial charge < -0.3 is 25.4 Å². The van der Waals surface area contributed by atoms with Crippen LogP contribution in [-0.4, -0.2) is 59.5 Å². The molecule has 8 nitrogen and oxygen atoms in total. The van der Waals surface area contributed by atoms with E-state index in [-0.39, 0.29) is 6.10 Å². The molecule has 1 unspecified atom stereocenters. The van der Waals surface area contributed by atoms with Crippen molar-refractivity contribution in [3.63, 3.8) is 0 Å². The molecule has 0 spiro atoms. The molecule has 1 amide bonds. The van der Waals surface area contributed by atoms with Gasteiger partial charge in [0.25, 0.3) is 5.91 Å². The van der Waals surface area contributed by atoms with E-state index in [2.05, 4.69) is 15.2 Å². The van der Waals surface area contributed by atoms with Crippen LogP contribution < -0.4 is 20.5 Å². The van der Waals surface area contributed by atoms with Gasteiger partial charge in [0.05, 0.1) is 29.6 Å². The number of fused-ring (bicyclic) bond motifs is 1. The summed E-state index contributed by atoms with van der Waals surface area (Å²) in [5.74, 6) is 0.660. The number of aromatic nitrogens is 2. The highest BCUT2D eigenvalue weighted by Gasteiger charge is 2.21. The van der Waals surface area contributed by atoms with E-state index in [1.54, 1.807) is 6.20 Å². The summed E-state index contributed by atoms with van der Waals surface area (Å²) in [7, 11) is 0. The zero-order valence-corrected chi connectivity index (χ0v) is 22.9. The topological polar surface area (TPSA) is 94.1 Å². The zero-order valence-electron chi connectivity index (χ0n) is 21.4. The molecule has 0 aliphatic carbocycles. The van der Waals surface area contributed by atoms with Gasteiger partial charge in [-0.15, -0.1) is 11.3 Å². The molecule has 4 aromatic rings. The molecular formula is C28H32ClN5O3S. The maximum atomic E-state index is 12.3. The summed E-state index contributed by atoms with van der Waals surface area (Å²) in [6.45, 7) is 8.04. The van der Waals surface area contributed by atoms with Gasteiger partial charge in [-0.1, -0.05) is 29.8 Å². The first-order valence-electron chi connectivity index (χ1n) is 12.9. The van der Waals surface area contributed by atoms with Crippen molar-refractivity contribution in [1.29, 1.82) is 0 Å². The number of thiophene rings is 1. The van der Waals surface area contributed by atoms with Crippen molar-refractivity contribution in [1.82, 2.24) is 19.6 Å². The molecule has 1 atom stereocenters. The van der Waals surface area contributed by atoms with Crippen molar-refractivity contribution in [3.8, 4) is 22.1 Å². The Kier molecular flexibility index (Phi) is 8.48. The number of carbonyl (C=O) groups is 1. The number of pyridine rings is 1. The molecule has 10 heteroatoms. The Labute approximate surface area is 231 Å². The van der Waals surface area contributed by atoms with Crippen molar-refractivity contribution < 1.29 is 14.3 Å². The van der Waals surface area contributed by atoms with Gasteiger partial charge in [-0.2, -0.15) is 0 Å². The summed E-state index contributed by atoms with van der Waals surface area (Å²) >= 11 is 7.63. The number of ether oxygens (including phenoxy) is 2. The molecule has 1 aliphatic rings. The van der Waals surface area contributed by atoms with Crippen molar-refractivity contribution in [3.05, 3.63) is 70.3 Å². The van der Waals surface area contributed by atoms with E-state index in [9.17, 15) is 4.79 Å². The molecule has 0 saturated carbocycles. The average molecular weight is 554 g/mol. The molecule has 0 radical (unpaired) electrons. The second-order valence-corrected chi connectivity index (χ2v) is 10.8. The Morgan fingerprint density at radius 1 is 1.21 bits per heavy atom. The maximum absolute atomic E-state index is 12.3. The van der Waals surface area contributed by atoms with Crippen molar-refractivity contribution in [2.24, 2.45) is 5.73 Å². The highest BCUT2D eigenvalue weighted by molar-refractivity contribution is 7.17. The van der Waals surface area contributed by atoms with Gasteiger partial charge >= 0.3 is 0 Å². The lowest BCUT2D eigenvalue weighted by Gasteiger charge is -2.26. The van der Waals surface area contributed by atoms with E-state index >= 15 is 0 Å². The number of unbranched alkanes of at least 4 members (excludes halogenated alkanes) is 1. The number of amides is 1. The number of nitrogens with one attached hydrogen (secondary N) is 1. The summed E-state index contributed by atoms with van der Waals surface area (Å²) in [6.07, 6.45) is 5.46. The van der Waals surface area contributed by atoms with Crippen LogP contribution in [0.25, 0.3) is 16.2 Å². The normalized spacial score (nSPS) is 15.0. The Hall–Kier alpha value is -3.11. The number of imidazole rings is 1. The lowest BCUT2D eigenvalue weighted by Crippen LogP contribution is -2.43. The summed E-state index contributed by atoms with van der Waals surface area (Å²) in [5, 5.41) is 3.99. The molecule has 38 heavy (non-hydrogen) atoms. The van der Waals surface area contributed by atoms with E-state index in [0.717, 1.165) is 73.1 Å². The predicted octanol–water partition coefficient (Wildman–Crippen LogP) is 5.02. The third-order valence-corrected chi connectivity index (χ3v) is 8.14. The number of nitrogens with two attached hydrogens (primary N) is 1. The number of hydrogen-bond acceptors (Lipinski definition) is 7. The number of nitrogens with zero attached hydrogens (tertiary/aromatic N) is 3. The number of rotatable bonds is 11. The highest BCUT2D eigenvalue weighted by Crippen LogP contribution is 2.39. The Bertz CT molecular complexity index is 1400. The largest absolute Gasteiger partial charge is 0.492 e. The van der Waals surface area contributed by atoms with Crippen LogP contribution in [0.2, 0.25) is 5.02 Å². The average Bonchev–Trinajstić information content (AvgIpc) is 3.53. The van der Waals surface area contributed by atoms with Gasteiger partial charge in [0.1, 0.15) is 28.1 Å². The smallest absolute Gasteiger partial charge is 0.262 e. The second-order valence-electron chi connectivity index (χ2n) is 9.33. The first-order chi connectivity index (χ1) is 18.5. The molecule has 3 aromatic heterocycles. The molecule has 1 aliphatic heterocycles. The van der Waals surface area contributed by atoms with Crippen LogP contribution in [0, 0.1) is 0 Å². The standard InChI is InChI=1S/C28H32ClN5O3S/c1-19(21-6-2-3-7-22(21)29)37-24-16-25(38-27(24)28(30)35)23-17-32-26-9-8-20(18-34(23)26)36-15-5-4-12-33-13-10-31-11-14-33/h2-3,6-9,16-19,31H,4-5,10-15H2,1H3,(H2,30,35). The van der Waals surface area contributed by atoms with Crippen LogP contribution in [0.5, 0.6) is 11.5 Å². The van der Waals surface area contributed by atoms with Crippen LogP contribution in [0.4, 0.5) is 0 Å². The third kappa shape index (κ3) is 6.13. The minimum atomic E-state index is -0.540. The highest BCUT2D eigenvalue weighted by atomic mass is 35.5. The molecular weight excluding hydrogens is 522 g/mol. The molecule has 1 saturated heterocycles. The van der Waals surface area contributed by atoms with Gasteiger partial charge in [-0.25, -0.2) is 4.98 Å². The summed E-state index contributed by atoms with van der Waals surface area (Å²) < 4.78 is 14.2. The van der Waals surface area contributed by atoms with Crippen LogP contribution in [0.15, 0.2) is 54.9 Å². The summed E-state index contributed by atoms with van der Waals surface area (Å²) in [4.78, 5) is 20.5. The minimum Gasteiger partial charge on any atom is -0.492 e. The van der Waals surface area contributed by atoms with Crippen LogP contribution in [0.3, 0.4) is 0 Å². The van der Waals surface area contributed by atoms with Gasteiger partial charge in [-0.3, -0.25) is 9.20 Å². The van der Waals surface area contributed by atoms with Gasteiger partial charge in [0, 0.05) is 42.8 Å². The van der Waals surface area contributed by atoms with E-state index in [1.165, 1.54) is 11.3 Å². The predicted molar refractivity (Wildman–Crippen MR) is 152 cm³/mol. The molecule has 5 rings (SSSR count). The van der Waals surface area contributed by atoms with E-state index in [4.69, 9.17) is 26.8 Å². The second kappa shape index (κ2) is 12.2. The Balaban J connectivity index is 1.29. The first-order valence-corrected chi connectivity index (χ1v) is 14.1. The monoisotopic (exact) mass is 553 g/mol. The van der Waals surface area contributed by atoms with Crippen molar-refractivity contribution in [2.45, 2.75) is 25.9 Å². The fourth-order valence-corrected chi connectivity index (χ4v) is 5.85. The SMILES string of the molecule is CC(Oc1cc(-c2cnc3ccc(OCCCCN4CCNCC4)cn23)sc1C(N)=O)c1ccccc1Cl. The van der Waals surface area contributed by atoms with E-state index < -0.39 is 5.91 Å². The fourth-order valence-electron chi connectivity index (χ4n) is 4.61. The van der Waals surface area contributed by atoms with Gasteiger partial charge in [0.15, 0.2) is 0 Å². The molecule has 1 fully saturated rings. The molecule has 200 valence electrons. The number of hydrogen-bond donors (Lipinski definition) is 2. The minimum absolute atomic E-state index is 0.353.